The average Bonchev–Trinajstić information content (AvgIpc) is 2.99. The molecule has 5 atom stereocenters. The first-order chi connectivity index (χ1) is 13.0. The first kappa shape index (κ1) is 17.2. The maximum atomic E-state index is 10.9. The fraction of sp³-hybridized carbons (Fsp3) is 0.636. The molecule has 5 nitrogen and oxygen atoms in total. The number of aromatic nitrogens is 1. The Morgan fingerprint density at radius 1 is 1.30 bits per heavy atom. The van der Waals surface area contributed by atoms with Crippen LogP contribution in [0, 0.1) is 29.1 Å². The lowest BCUT2D eigenvalue weighted by Gasteiger charge is -2.58. The van der Waals surface area contributed by atoms with Crippen LogP contribution >= 0.6 is 0 Å². The zero-order valence-electron chi connectivity index (χ0n) is 16.2. The van der Waals surface area contributed by atoms with Crippen molar-refractivity contribution in [1.29, 1.82) is 5.26 Å². The minimum atomic E-state index is -0.428. The summed E-state index contributed by atoms with van der Waals surface area (Å²) >= 11 is 0. The Hall–Kier alpha value is -1.90. The van der Waals surface area contributed by atoms with Gasteiger partial charge in [0.1, 0.15) is 6.07 Å². The van der Waals surface area contributed by atoms with Crippen molar-refractivity contribution in [3.63, 3.8) is 0 Å². The molecule has 6 rings (SSSR count). The van der Waals surface area contributed by atoms with E-state index in [4.69, 9.17) is 0 Å². The Morgan fingerprint density at radius 2 is 2.04 bits per heavy atom. The second kappa shape index (κ2) is 6.05. The van der Waals surface area contributed by atoms with Gasteiger partial charge in [0.05, 0.1) is 22.5 Å². The standard InChI is InChI=1S/C22H28N4O/c1-26(2)12-14-3-4-18-19(14)21(17(10-23)11-24-18)25-20-15-5-13-6-16(20)9-22(27,7-13)8-15/h3,11,13,15-16,20,27H,4-9,12H2,1-2H3,(H,24,25)/t13?,15-,16+,20?,22?. The molecule has 5 aliphatic carbocycles. The summed E-state index contributed by atoms with van der Waals surface area (Å²) in [7, 11) is 4.15. The first-order valence-electron chi connectivity index (χ1n) is 10.2. The van der Waals surface area contributed by atoms with E-state index in [1.807, 2.05) is 0 Å². The molecule has 0 saturated heterocycles. The molecule has 2 N–H and O–H groups in total. The van der Waals surface area contributed by atoms with Crippen LogP contribution in [-0.2, 0) is 6.42 Å². The van der Waals surface area contributed by atoms with Gasteiger partial charge in [0.15, 0.2) is 0 Å². The van der Waals surface area contributed by atoms with Crippen molar-refractivity contribution >= 4 is 11.3 Å². The second-order valence-corrected chi connectivity index (χ2v) is 9.52. The number of allylic oxidation sites excluding steroid dienone is 1. The molecule has 142 valence electrons. The number of anilines is 1. The third-order valence-electron chi connectivity index (χ3n) is 7.18. The van der Waals surface area contributed by atoms with E-state index in [0.29, 0.717) is 29.4 Å². The normalized spacial score (nSPS) is 35.9. The van der Waals surface area contributed by atoms with Gasteiger partial charge in [-0.05, 0) is 69.5 Å². The largest absolute Gasteiger partial charge is 0.390 e. The quantitative estimate of drug-likeness (QED) is 0.860. The van der Waals surface area contributed by atoms with Crippen LogP contribution in [0.2, 0.25) is 0 Å². The van der Waals surface area contributed by atoms with Gasteiger partial charge < -0.3 is 15.3 Å². The van der Waals surface area contributed by atoms with Crippen molar-refractivity contribution in [2.24, 2.45) is 17.8 Å². The number of fused-ring (bicyclic) bond motifs is 1. The molecule has 1 heterocycles. The molecular formula is C22H28N4O. The van der Waals surface area contributed by atoms with Gasteiger partial charge in [0.25, 0.3) is 0 Å². The van der Waals surface area contributed by atoms with Gasteiger partial charge in [-0.2, -0.15) is 5.26 Å². The molecule has 4 saturated carbocycles. The lowest BCUT2D eigenvalue weighted by atomic mass is 9.52. The highest BCUT2D eigenvalue weighted by atomic mass is 16.3. The number of pyridine rings is 1. The van der Waals surface area contributed by atoms with Gasteiger partial charge in [-0.15, -0.1) is 0 Å². The van der Waals surface area contributed by atoms with Crippen molar-refractivity contribution in [2.75, 3.05) is 26.0 Å². The number of nitriles is 1. The Kier molecular flexibility index (Phi) is 3.86. The molecule has 0 aromatic carbocycles. The monoisotopic (exact) mass is 364 g/mol. The summed E-state index contributed by atoms with van der Waals surface area (Å²) in [6.07, 6.45) is 10.1. The third-order valence-corrected chi connectivity index (χ3v) is 7.18. The number of rotatable bonds is 4. The van der Waals surface area contributed by atoms with E-state index in [0.717, 1.165) is 49.2 Å². The van der Waals surface area contributed by atoms with E-state index in [9.17, 15) is 10.4 Å². The van der Waals surface area contributed by atoms with E-state index in [2.05, 4.69) is 41.4 Å². The molecular weight excluding hydrogens is 336 g/mol. The molecule has 27 heavy (non-hydrogen) atoms. The lowest BCUT2D eigenvalue weighted by molar-refractivity contribution is -0.129. The van der Waals surface area contributed by atoms with Crippen LogP contribution in [-0.4, -0.2) is 47.3 Å². The molecule has 3 unspecified atom stereocenters. The number of aliphatic hydroxyl groups is 1. The molecule has 0 amide bonds. The number of nitrogens with zero attached hydrogens (tertiary/aromatic N) is 3. The minimum absolute atomic E-state index is 0.363. The summed E-state index contributed by atoms with van der Waals surface area (Å²) in [6, 6.07) is 2.73. The smallest absolute Gasteiger partial charge is 0.103 e. The van der Waals surface area contributed by atoms with Crippen LogP contribution in [0.5, 0.6) is 0 Å². The zero-order valence-corrected chi connectivity index (χ0v) is 16.2. The Labute approximate surface area is 161 Å². The van der Waals surface area contributed by atoms with Gasteiger partial charge in [-0.1, -0.05) is 6.08 Å². The van der Waals surface area contributed by atoms with Gasteiger partial charge in [-0.3, -0.25) is 4.98 Å². The predicted octanol–water partition coefficient (Wildman–Crippen LogP) is 2.81. The van der Waals surface area contributed by atoms with Crippen molar-refractivity contribution in [1.82, 2.24) is 9.88 Å². The van der Waals surface area contributed by atoms with Crippen LogP contribution in [0.15, 0.2) is 12.3 Å². The maximum absolute atomic E-state index is 10.9. The highest BCUT2D eigenvalue weighted by Crippen LogP contribution is 2.56. The van der Waals surface area contributed by atoms with Crippen LogP contribution < -0.4 is 5.32 Å². The molecule has 0 radical (unpaired) electrons. The second-order valence-electron chi connectivity index (χ2n) is 9.52. The van der Waals surface area contributed by atoms with Gasteiger partial charge in [0.2, 0.25) is 0 Å². The van der Waals surface area contributed by atoms with Crippen LogP contribution in [0.4, 0.5) is 5.69 Å². The fourth-order valence-corrected chi connectivity index (χ4v) is 6.48. The number of nitrogens with one attached hydrogen (secondary N) is 1. The predicted molar refractivity (Wildman–Crippen MR) is 105 cm³/mol. The van der Waals surface area contributed by atoms with Gasteiger partial charge >= 0.3 is 0 Å². The van der Waals surface area contributed by atoms with Crippen LogP contribution in [0.1, 0.15) is 48.9 Å². The molecule has 5 heteroatoms. The Balaban J connectivity index is 1.50. The summed E-state index contributed by atoms with van der Waals surface area (Å²) in [4.78, 5) is 6.74. The van der Waals surface area contributed by atoms with Gasteiger partial charge in [0, 0.05) is 30.8 Å². The topological polar surface area (TPSA) is 72.2 Å². The van der Waals surface area contributed by atoms with E-state index in [1.165, 1.54) is 18.4 Å². The maximum Gasteiger partial charge on any atom is 0.103 e. The van der Waals surface area contributed by atoms with Crippen molar-refractivity contribution < 1.29 is 5.11 Å². The van der Waals surface area contributed by atoms with Gasteiger partial charge in [-0.25, -0.2) is 0 Å². The third kappa shape index (κ3) is 2.78. The highest BCUT2D eigenvalue weighted by molar-refractivity contribution is 5.85. The average molecular weight is 364 g/mol. The number of hydrogen-bond donors (Lipinski definition) is 2. The highest BCUT2D eigenvalue weighted by Gasteiger charge is 2.54. The Morgan fingerprint density at radius 3 is 2.67 bits per heavy atom. The zero-order chi connectivity index (χ0) is 18.8. The summed E-state index contributed by atoms with van der Waals surface area (Å²) in [5, 5.41) is 24.5. The van der Waals surface area contributed by atoms with Crippen molar-refractivity contribution in [3.8, 4) is 6.07 Å². The SMILES string of the molecule is CN(C)CC1=CCc2ncc(C#N)c(NC3[C@@H]4CC5C[C@H]3CC(O)(C5)C4)c21. The summed E-state index contributed by atoms with van der Waals surface area (Å²) < 4.78 is 0. The van der Waals surface area contributed by atoms with E-state index >= 15 is 0 Å². The summed E-state index contributed by atoms with van der Waals surface area (Å²) in [5.74, 6) is 1.71. The molecule has 1 aromatic heterocycles. The first-order valence-corrected chi connectivity index (χ1v) is 10.2. The van der Waals surface area contributed by atoms with Crippen LogP contribution in [0.3, 0.4) is 0 Å². The molecule has 1 aromatic rings. The molecule has 0 spiro atoms. The fourth-order valence-electron chi connectivity index (χ4n) is 6.48. The van der Waals surface area contributed by atoms with Crippen molar-refractivity contribution in [3.05, 3.63) is 29.1 Å². The van der Waals surface area contributed by atoms with E-state index in [-0.39, 0.29) is 0 Å². The Bertz CT molecular complexity index is 837. The van der Waals surface area contributed by atoms with Crippen LogP contribution in [0.25, 0.3) is 5.57 Å². The summed E-state index contributed by atoms with van der Waals surface area (Å²) in [5.41, 5.74) is 4.70. The van der Waals surface area contributed by atoms with E-state index in [1.54, 1.807) is 6.20 Å². The molecule has 4 fully saturated rings. The lowest BCUT2D eigenvalue weighted by Crippen LogP contribution is -2.59. The minimum Gasteiger partial charge on any atom is -0.390 e. The number of likely N-dealkylation sites (N-methyl/N-ethyl adjacent to an activating group) is 1. The summed E-state index contributed by atoms with van der Waals surface area (Å²) in [6.45, 7) is 0.859. The molecule has 5 aliphatic rings. The molecule has 0 aliphatic heterocycles. The van der Waals surface area contributed by atoms with E-state index < -0.39 is 5.60 Å². The number of hydrogen-bond acceptors (Lipinski definition) is 5. The van der Waals surface area contributed by atoms with Crippen molar-refractivity contribution in [2.45, 2.75) is 50.2 Å². The molecule has 4 bridgehead atoms.